The van der Waals surface area contributed by atoms with Crippen LogP contribution in [0.15, 0.2) is 24.3 Å². The van der Waals surface area contributed by atoms with Crippen molar-refractivity contribution >= 4 is 11.8 Å². The van der Waals surface area contributed by atoms with Crippen LogP contribution in [0.1, 0.15) is 17.5 Å². The van der Waals surface area contributed by atoms with Crippen LogP contribution in [-0.4, -0.2) is 71.6 Å². The highest BCUT2D eigenvalue weighted by molar-refractivity contribution is 5.83. The lowest BCUT2D eigenvalue weighted by Gasteiger charge is -2.36. The second kappa shape index (κ2) is 7.32. The quantitative estimate of drug-likeness (QED) is 0.813. The van der Waals surface area contributed by atoms with Crippen molar-refractivity contribution in [1.29, 1.82) is 0 Å². The zero-order valence-electron chi connectivity index (χ0n) is 14.1. The highest BCUT2D eigenvalue weighted by Crippen LogP contribution is 2.14. The largest absolute Gasteiger partial charge is 0.392 e. The van der Waals surface area contributed by atoms with Crippen LogP contribution in [0.25, 0.3) is 0 Å². The highest BCUT2D eigenvalue weighted by Gasteiger charge is 2.33. The van der Waals surface area contributed by atoms with Gasteiger partial charge in [0.25, 0.3) is 0 Å². The van der Waals surface area contributed by atoms with Gasteiger partial charge in [0, 0.05) is 32.7 Å². The van der Waals surface area contributed by atoms with Gasteiger partial charge in [-0.25, -0.2) is 0 Å². The van der Waals surface area contributed by atoms with E-state index in [-0.39, 0.29) is 17.9 Å². The molecule has 0 spiro atoms. The Morgan fingerprint density at radius 3 is 2.46 bits per heavy atom. The summed E-state index contributed by atoms with van der Waals surface area (Å²) in [5.74, 6) is 0.156. The zero-order valence-corrected chi connectivity index (χ0v) is 14.1. The van der Waals surface area contributed by atoms with E-state index in [0.29, 0.717) is 45.6 Å². The summed E-state index contributed by atoms with van der Waals surface area (Å²) in [5.41, 5.74) is 2.19. The van der Waals surface area contributed by atoms with Crippen molar-refractivity contribution in [3.05, 3.63) is 35.4 Å². The molecule has 130 valence electrons. The first kappa shape index (κ1) is 16.9. The Morgan fingerprint density at radius 2 is 1.83 bits per heavy atom. The number of hydrogen-bond donors (Lipinski definition) is 2. The van der Waals surface area contributed by atoms with Crippen molar-refractivity contribution in [2.45, 2.75) is 31.9 Å². The van der Waals surface area contributed by atoms with Crippen LogP contribution in [0.3, 0.4) is 0 Å². The Labute approximate surface area is 142 Å². The second-order valence-corrected chi connectivity index (χ2v) is 6.66. The predicted molar refractivity (Wildman–Crippen MR) is 90.5 cm³/mol. The maximum absolute atomic E-state index is 12.5. The lowest BCUT2D eigenvalue weighted by molar-refractivity contribution is -0.140. The van der Waals surface area contributed by atoms with E-state index < -0.39 is 6.10 Å². The summed E-state index contributed by atoms with van der Waals surface area (Å²) in [4.78, 5) is 28.5. The fourth-order valence-electron chi connectivity index (χ4n) is 3.38. The van der Waals surface area contributed by atoms with Crippen molar-refractivity contribution in [1.82, 2.24) is 15.1 Å². The van der Waals surface area contributed by atoms with E-state index in [1.807, 2.05) is 36.1 Å². The van der Waals surface area contributed by atoms with Crippen molar-refractivity contribution in [3.63, 3.8) is 0 Å². The number of aryl methyl sites for hydroxylation is 1. The zero-order chi connectivity index (χ0) is 17.1. The molecule has 2 N–H and O–H groups in total. The Bertz CT molecular complexity index is 611. The van der Waals surface area contributed by atoms with E-state index >= 15 is 0 Å². The number of nitrogens with one attached hydrogen (secondary N) is 1. The van der Waals surface area contributed by atoms with Gasteiger partial charge in [0.05, 0.1) is 18.6 Å². The average Bonchev–Trinajstić information content (AvgIpc) is 3.03. The SMILES string of the molecule is Cc1ccccc1CC(=O)N1CCN(C(=O)C2CC(O)CN2)CC1. The van der Waals surface area contributed by atoms with Gasteiger partial charge < -0.3 is 20.2 Å². The molecule has 2 atom stereocenters. The van der Waals surface area contributed by atoms with Gasteiger partial charge in [-0.3, -0.25) is 9.59 Å². The number of aliphatic hydroxyl groups is 1. The van der Waals surface area contributed by atoms with Gasteiger partial charge in [-0.15, -0.1) is 0 Å². The third kappa shape index (κ3) is 3.76. The first-order chi connectivity index (χ1) is 11.5. The summed E-state index contributed by atoms with van der Waals surface area (Å²) in [6, 6.07) is 7.65. The fraction of sp³-hybridized carbons (Fsp3) is 0.556. The molecule has 1 aromatic carbocycles. The average molecular weight is 331 g/mol. The number of carbonyl (C=O) groups is 2. The van der Waals surface area contributed by atoms with E-state index in [0.717, 1.165) is 11.1 Å². The molecule has 2 aliphatic rings. The maximum atomic E-state index is 12.5. The Hall–Kier alpha value is -1.92. The lowest BCUT2D eigenvalue weighted by Crippen LogP contribution is -2.54. The minimum Gasteiger partial charge on any atom is -0.392 e. The first-order valence-corrected chi connectivity index (χ1v) is 8.57. The highest BCUT2D eigenvalue weighted by atomic mass is 16.3. The van der Waals surface area contributed by atoms with Crippen LogP contribution in [0.2, 0.25) is 0 Å². The molecule has 0 aromatic heterocycles. The lowest BCUT2D eigenvalue weighted by atomic mass is 10.1. The third-order valence-electron chi connectivity index (χ3n) is 4.95. The molecule has 0 saturated carbocycles. The van der Waals surface area contributed by atoms with Gasteiger partial charge >= 0.3 is 0 Å². The first-order valence-electron chi connectivity index (χ1n) is 8.57. The van der Waals surface area contributed by atoms with Gasteiger partial charge in [0.2, 0.25) is 11.8 Å². The van der Waals surface area contributed by atoms with Crippen LogP contribution in [0, 0.1) is 6.92 Å². The third-order valence-corrected chi connectivity index (χ3v) is 4.95. The van der Waals surface area contributed by atoms with Crippen LogP contribution in [0.4, 0.5) is 0 Å². The predicted octanol–water partition coefficient (Wildman–Crippen LogP) is -0.0689. The molecule has 0 bridgehead atoms. The summed E-state index contributed by atoms with van der Waals surface area (Å²) in [6.07, 6.45) is 0.457. The topological polar surface area (TPSA) is 72.9 Å². The number of carbonyl (C=O) groups excluding carboxylic acids is 2. The molecule has 2 unspecified atom stereocenters. The fourth-order valence-corrected chi connectivity index (χ4v) is 3.38. The van der Waals surface area contributed by atoms with Crippen molar-refractivity contribution < 1.29 is 14.7 Å². The normalized spacial score (nSPS) is 24.2. The summed E-state index contributed by atoms with van der Waals surface area (Å²) < 4.78 is 0. The Morgan fingerprint density at radius 1 is 1.17 bits per heavy atom. The van der Waals surface area contributed by atoms with E-state index in [2.05, 4.69) is 5.32 Å². The number of β-amino-alcohol motifs (C(OH)–C–C–N with tert-alkyl or cyclic N) is 1. The molecule has 1 aromatic rings. The van der Waals surface area contributed by atoms with Gasteiger partial charge in [0.15, 0.2) is 0 Å². The van der Waals surface area contributed by atoms with E-state index in [4.69, 9.17) is 0 Å². The number of amides is 2. The van der Waals surface area contributed by atoms with Gasteiger partial charge in [-0.1, -0.05) is 24.3 Å². The smallest absolute Gasteiger partial charge is 0.239 e. The maximum Gasteiger partial charge on any atom is 0.239 e. The van der Waals surface area contributed by atoms with E-state index in [1.165, 1.54) is 0 Å². The molecule has 2 amide bonds. The number of benzene rings is 1. The molecule has 2 saturated heterocycles. The van der Waals surface area contributed by atoms with Gasteiger partial charge in [0.1, 0.15) is 0 Å². The minimum absolute atomic E-state index is 0.0394. The van der Waals surface area contributed by atoms with Crippen LogP contribution < -0.4 is 5.32 Å². The van der Waals surface area contributed by atoms with Gasteiger partial charge in [-0.2, -0.15) is 0 Å². The molecule has 3 rings (SSSR count). The molecule has 2 heterocycles. The Balaban J connectivity index is 1.50. The molecule has 0 radical (unpaired) electrons. The van der Waals surface area contributed by atoms with Crippen molar-refractivity contribution in [2.24, 2.45) is 0 Å². The second-order valence-electron chi connectivity index (χ2n) is 6.66. The molecule has 6 heteroatoms. The molecular formula is C18H25N3O3. The number of nitrogens with zero attached hydrogens (tertiary/aromatic N) is 2. The molecule has 24 heavy (non-hydrogen) atoms. The number of rotatable bonds is 3. The van der Waals surface area contributed by atoms with Crippen LogP contribution in [0.5, 0.6) is 0 Å². The molecular weight excluding hydrogens is 306 g/mol. The Kier molecular flexibility index (Phi) is 5.16. The van der Waals surface area contributed by atoms with Crippen LogP contribution in [-0.2, 0) is 16.0 Å². The standard InChI is InChI=1S/C18H25N3O3/c1-13-4-2-3-5-14(13)10-17(23)20-6-8-21(9-7-20)18(24)16-11-15(22)12-19-16/h2-5,15-16,19,22H,6-12H2,1H3. The monoisotopic (exact) mass is 331 g/mol. The molecule has 0 aliphatic carbocycles. The van der Waals surface area contributed by atoms with Crippen molar-refractivity contribution in [2.75, 3.05) is 32.7 Å². The molecule has 2 aliphatic heterocycles. The van der Waals surface area contributed by atoms with Crippen LogP contribution >= 0.6 is 0 Å². The number of piperazine rings is 1. The summed E-state index contributed by atoms with van der Waals surface area (Å²) in [5, 5.41) is 12.6. The molecule has 6 nitrogen and oxygen atoms in total. The van der Waals surface area contributed by atoms with Crippen molar-refractivity contribution in [3.8, 4) is 0 Å². The summed E-state index contributed by atoms with van der Waals surface area (Å²) >= 11 is 0. The van der Waals surface area contributed by atoms with Gasteiger partial charge in [-0.05, 0) is 24.5 Å². The van der Waals surface area contributed by atoms with E-state index in [1.54, 1.807) is 4.90 Å². The molecule has 2 fully saturated rings. The summed E-state index contributed by atoms with van der Waals surface area (Å²) in [6.45, 7) is 4.77. The minimum atomic E-state index is -0.434. The van der Waals surface area contributed by atoms with E-state index in [9.17, 15) is 14.7 Å². The number of hydrogen-bond acceptors (Lipinski definition) is 4. The summed E-state index contributed by atoms with van der Waals surface area (Å²) in [7, 11) is 0. The number of aliphatic hydroxyl groups excluding tert-OH is 1.